The van der Waals surface area contributed by atoms with Gasteiger partial charge in [0, 0.05) is 10.7 Å². The zero-order valence-corrected chi connectivity index (χ0v) is 13.4. The fraction of sp³-hybridized carbons (Fsp3) is 0.571. The van der Waals surface area contributed by atoms with Gasteiger partial charge in [-0.2, -0.15) is 0 Å². The number of ether oxygens (including phenoxy) is 1. The van der Waals surface area contributed by atoms with Gasteiger partial charge in [-0.3, -0.25) is 0 Å². The van der Waals surface area contributed by atoms with Crippen molar-refractivity contribution in [1.82, 2.24) is 0 Å². The zero-order chi connectivity index (χ0) is 13.0. The van der Waals surface area contributed by atoms with Gasteiger partial charge in [0.05, 0.1) is 11.1 Å². The van der Waals surface area contributed by atoms with Crippen LogP contribution in [0.5, 0.6) is 5.75 Å². The van der Waals surface area contributed by atoms with Crippen molar-refractivity contribution in [2.45, 2.75) is 32.1 Å². The lowest BCUT2D eigenvalue weighted by atomic mass is 9.76. The molecule has 0 atom stereocenters. The summed E-state index contributed by atoms with van der Waals surface area (Å²) < 4.78 is 19.6. The van der Waals surface area contributed by atoms with E-state index in [9.17, 15) is 4.39 Å². The van der Waals surface area contributed by atoms with Crippen LogP contribution in [0.3, 0.4) is 0 Å². The molecule has 1 aromatic carbocycles. The van der Waals surface area contributed by atoms with Crippen LogP contribution in [0.25, 0.3) is 0 Å². The molecule has 0 radical (unpaired) electrons. The Bertz CT molecular complexity index is 403. The third kappa shape index (κ3) is 3.47. The van der Waals surface area contributed by atoms with Crippen LogP contribution in [0.1, 0.15) is 32.1 Å². The Hall–Kier alpha value is -0.0900. The molecule has 100 valence electrons. The highest BCUT2D eigenvalue weighted by Gasteiger charge is 2.32. The van der Waals surface area contributed by atoms with Gasteiger partial charge in [-0.05, 0) is 47.0 Å². The minimum absolute atomic E-state index is 0.242. The number of alkyl halides is 1. The Kier molecular flexibility index (Phi) is 5.07. The summed E-state index contributed by atoms with van der Waals surface area (Å²) in [5.74, 6) is 0.476. The quantitative estimate of drug-likeness (QED) is 0.644. The molecule has 1 aliphatic rings. The highest BCUT2D eigenvalue weighted by Crippen LogP contribution is 2.39. The predicted octanol–water partition coefficient (Wildman–Crippen LogP) is 5.31. The maximum atomic E-state index is 13.0. The average molecular weight is 380 g/mol. The van der Waals surface area contributed by atoms with Gasteiger partial charge in [-0.1, -0.05) is 35.2 Å². The van der Waals surface area contributed by atoms with E-state index in [0.717, 1.165) is 11.1 Å². The van der Waals surface area contributed by atoms with Crippen molar-refractivity contribution in [2.24, 2.45) is 5.41 Å². The number of halogens is 3. The topological polar surface area (TPSA) is 9.23 Å². The van der Waals surface area contributed by atoms with Crippen LogP contribution in [0.4, 0.5) is 4.39 Å². The lowest BCUT2D eigenvalue weighted by Gasteiger charge is -2.35. The lowest BCUT2D eigenvalue weighted by molar-refractivity contribution is 0.121. The van der Waals surface area contributed by atoms with Crippen molar-refractivity contribution < 1.29 is 9.13 Å². The fourth-order valence-corrected chi connectivity index (χ4v) is 3.63. The molecule has 1 fully saturated rings. The molecule has 0 spiro atoms. The second-order valence-corrected chi connectivity index (χ2v) is 6.47. The first-order valence-corrected chi connectivity index (χ1v) is 8.20. The molecule has 1 saturated carbocycles. The first-order chi connectivity index (χ1) is 8.65. The molecule has 1 aromatic rings. The van der Waals surface area contributed by atoms with Crippen LogP contribution in [0.2, 0.25) is 0 Å². The zero-order valence-electron chi connectivity index (χ0n) is 10.2. The summed E-state index contributed by atoms with van der Waals surface area (Å²) >= 11 is 6.96. The molecule has 0 aliphatic heterocycles. The number of benzene rings is 1. The van der Waals surface area contributed by atoms with Crippen LogP contribution in [0.15, 0.2) is 22.7 Å². The number of hydrogen-bond acceptors (Lipinski definition) is 1. The number of rotatable bonds is 4. The highest BCUT2D eigenvalue weighted by molar-refractivity contribution is 9.10. The monoisotopic (exact) mass is 378 g/mol. The van der Waals surface area contributed by atoms with E-state index < -0.39 is 0 Å². The average Bonchev–Trinajstić information content (AvgIpc) is 2.39. The summed E-state index contributed by atoms with van der Waals surface area (Å²) in [5, 5.41) is 0.971. The Morgan fingerprint density at radius 2 is 1.94 bits per heavy atom. The fourth-order valence-electron chi connectivity index (χ4n) is 2.44. The molecule has 0 N–H and O–H groups in total. The van der Waals surface area contributed by atoms with Gasteiger partial charge in [0.15, 0.2) is 0 Å². The Labute approximate surface area is 124 Å². The molecule has 1 nitrogen and oxygen atoms in total. The standard InChI is InChI=1S/C14H17Br2FO/c15-9-14(6-2-1-3-7-14)10-18-13-5-4-11(17)8-12(13)16/h4-5,8H,1-3,6-7,9-10H2. The Morgan fingerprint density at radius 1 is 1.22 bits per heavy atom. The van der Waals surface area contributed by atoms with Gasteiger partial charge in [-0.15, -0.1) is 0 Å². The minimum atomic E-state index is -0.248. The SMILES string of the molecule is Fc1ccc(OCC2(CBr)CCCCC2)c(Br)c1. The summed E-state index contributed by atoms with van der Waals surface area (Å²) in [5.41, 5.74) is 0.242. The largest absolute Gasteiger partial charge is 0.492 e. The lowest BCUT2D eigenvalue weighted by Crippen LogP contribution is -2.32. The highest BCUT2D eigenvalue weighted by atomic mass is 79.9. The molecule has 0 saturated heterocycles. The van der Waals surface area contributed by atoms with E-state index in [1.165, 1.54) is 44.2 Å². The number of hydrogen-bond donors (Lipinski definition) is 0. The molecule has 0 aromatic heterocycles. The van der Waals surface area contributed by atoms with Crippen LogP contribution >= 0.6 is 31.9 Å². The first kappa shape index (κ1) is 14.3. The molecular formula is C14H17Br2FO. The van der Waals surface area contributed by atoms with Gasteiger partial charge in [0.25, 0.3) is 0 Å². The third-order valence-electron chi connectivity index (χ3n) is 3.63. The van der Waals surface area contributed by atoms with E-state index in [4.69, 9.17) is 4.74 Å². The van der Waals surface area contributed by atoms with Crippen molar-refractivity contribution in [3.63, 3.8) is 0 Å². The summed E-state index contributed by atoms with van der Waals surface area (Å²) in [6, 6.07) is 4.56. The van der Waals surface area contributed by atoms with Crippen LogP contribution < -0.4 is 4.74 Å². The van der Waals surface area contributed by atoms with E-state index in [1.54, 1.807) is 6.07 Å². The Morgan fingerprint density at radius 3 is 2.56 bits per heavy atom. The van der Waals surface area contributed by atoms with Crippen molar-refractivity contribution in [2.75, 3.05) is 11.9 Å². The smallest absolute Gasteiger partial charge is 0.133 e. The van der Waals surface area contributed by atoms with Crippen molar-refractivity contribution in [1.29, 1.82) is 0 Å². The first-order valence-electron chi connectivity index (χ1n) is 6.29. The van der Waals surface area contributed by atoms with Crippen LogP contribution in [0, 0.1) is 11.2 Å². The summed E-state index contributed by atoms with van der Waals surface area (Å²) in [6.07, 6.45) is 6.29. The maximum absolute atomic E-state index is 13.0. The van der Waals surface area contributed by atoms with Crippen molar-refractivity contribution >= 4 is 31.9 Å². The molecule has 1 aliphatic carbocycles. The van der Waals surface area contributed by atoms with E-state index in [2.05, 4.69) is 31.9 Å². The second kappa shape index (κ2) is 6.38. The van der Waals surface area contributed by atoms with E-state index in [-0.39, 0.29) is 11.2 Å². The van der Waals surface area contributed by atoms with Gasteiger partial charge in [0.1, 0.15) is 11.6 Å². The van der Waals surface area contributed by atoms with Crippen LogP contribution in [-0.4, -0.2) is 11.9 Å². The molecule has 18 heavy (non-hydrogen) atoms. The normalized spacial score (nSPS) is 18.6. The van der Waals surface area contributed by atoms with Gasteiger partial charge in [-0.25, -0.2) is 4.39 Å². The van der Waals surface area contributed by atoms with Crippen molar-refractivity contribution in [3.05, 3.63) is 28.5 Å². The Balaban J connectivity index is 2.01. The predicted molar refractivity (Wildman–Crippen MR) is 78.9 cm³/mol. The molecule has 0 amide bonds. The maximum Gasteiger partial charge on any atom is 0.133 e. The molecular weight excluding hydrogens is 363 g/mol. The van der Waals surface area contributed by atoms with Gasteiger partial charge in [0.2, 0.25) is 0 Å². The molecule has 0 bridgehead atoms. The molecule has 4 heteroatoms. The van der Waals surface area contributed by atoms with Crippen LogP contribution in [-0.2, 0) is 0 Å². The second-order valence-electron chi connectivity index (χ2n) is 5.06. The van der Waals surface area contributed by atoms with E-state index in [1.807, 2.05) is 0 Å². The van der Waals surface area contributed by atoms with E-state index in [0.29, 0.717) is 11.1 Å². The molecule has 0 unspecified atom stereocenters. The third-order valence-corrected chi connectivity index (χ3v) is 5.43. The van der Waals surface area contributed by atoms with E-state index >= 15 is 0 Å². The summed E-state index contributed by atoms with van der Waals surface area (Å²) in [6.45, 7) is 0.697. The van der Waals surface area contributed by atoms with Gasteiger partial charge >= 0.3 is 0 Å². The van der Waals surface area contributed by atoms with Gasteiger partial charge < -0.3 is 4.74 Å². The summed E-state index contributed by atoms with van der Waals surface area (Å²) in [4.78, 5) is 0. The summed E-state index contributed by atoms with van der Waals surface area (Å²) in [7, 11) is 0. The van der Waals surface area contributed by atoms with Crippen molar-refractivity contribution in [3.8, 4) is 5.75 Å². The minimum Gasteiger partial charge on any atom is -0.492 e. The molecule has 2 rings (SSSR count). The molecule has 0 heterocycles.